The van der Waals surface area contributed by atoms with Crippen LogP contribution in [0.2, 0.25) is 0 Å². The summed E-state index contributed by atoms with van der Waals surface area (Å²) in [5, 5.41) is 22.0. The van der Waals surface area contributed by atoms with Gasteiger partial charge >= 0.3 is 0 Å². The van der Waals surface area contributed by atoms with Crippen LogP contribution < -0.4 is 5.32 Å². The SMILES string of the molecule is CCNc1nnc(CN(CC)CC(C)C#N)s1. The molecule has 1 heterocycles. The van der Waals surface area contributed by atoms with Crippen LogP contribution in [-0.2, 0) is 6.54 Å². The zero-order valence-electron chi connectivity index (χ0n) is 10.6. The zero-order chi connectivity index (χ0) is 12.7. The maximum absolute atomic E-state index is 8.81. The molecule has 0 aliphatic heterocycles. The van der Waals surface area contributed by atoms with Crippen LogP contribution in [0.1, 0.15) is 25.8 Å². The molecule has 1 atom stereocenters. The number of aromatic nitrogens is 2. The molecule has 6 heteroatoms. The summed E-state index contributed by atoms with van der Waals surface area (Å²) in [6, 6.07) is 2.25. The first-order valence-corrected chi connectivity index (χ1v) is 6.69. The molecule has 94 valence electrons. The molecule has 0 radical (unpaired) electrons. The Bertz CT molecular complexity index is 370. The summed E-state index contributed by atoms with van der Waals surface area (Å²) in [6.45, 7) is 9.39. The predicted molar refractivity (Wildman–Crippen MR) is 69.8 cm³/mol. The average Bonchev–Trinajstić information content (AvgIpc) is 2.76. The van der Waals surface area contributed by atoms with E-state index in [0.29, 0.717) is 0 Å². The largest absolute Gasteiger partial charge is 0.360 e. The Hall–Kier alpha value is -1.19. The van der Waals surface area contributed by atoms with Crippen molar-refractivity contribution in [3.8, 4) is 6.07 Å². The Balaban J connectivity index is 2.52. The first kappa shape index (κ1) is 13.9. The number of nitrogens with zero attached hydrogens (tertiary/aromatic N) is 4. The third kappa shape index (κ3) is 4.67. The summed E-state index contributed by atoms with van der Waals surface area (Å²) in [4.78, 5) is 2.21. The van der Waals surface area contributed by atoms with Crippen molar-refractivity contribution in [1.29, 1.82) is 5.26 Å². The summed E-state index contributed by atoms with van der Waals surface area (Å²) in [5.41, 5.74) is 0. The molecule has 1 aromatic heterocycles. The molecular weight excluding hydrogens is 234 g/mol. The Morgan fingerprint density at radius 3 is 2.82 bits per heavy atom. The lowest BCUT2D eigenvalue weighted by molar-refractivity contribution is 0.259. The van der Waals surface area contributed by atoms with Gasteiger partial charge in [0.2, 0.25) is 5.13 Å². The highest BCUT2D eigenvalue weighted by molar-refractivity contribution is 7.15. The van der Waals surface area contributed by atoms with Crippen molar-refractivity contribution in [3.63, 3.8) is 0 Å². The molecule has 1 unspecified atom stereocenters. The molecule has 0 aromatic carbocycles. The van der Waals surface area contributed by atoms with Crippen molar-refractivity contribution in [1.82, 2.24) is 15.1 Å². The second-order valence-corrected chi connectivity index (χ2v) is 4.95. The van der Waals surface area contributed by atoms with Crippen molar-refractivity contribution < 1.29 is 0 Å². The van der Waals surface area contributed by atoms with E-state index in [-0.39, 0.29) is 5.92 Å². The summed E-state index contributed by atoms with van der Waals surface area (Å²) < 4.78 is 0. The van der Waals surface area contributed by atoms with Gasteiger partial charge in [0.15, 0.2) is 0 Å². The van der Waals surface area contributed by atoms with Crippen molar-refractivity contribution >= 4 is 16.5 Å². The lowest BCUT2D eigenvalue weighted by atomic mass is 10.2. The fourth-order valence-corrected chi connectivity index (χ4v) is 2.32. The maximum atomic E-state index is 8.81. The van der Waals surface area contributed by atoms with Crippen LogP contribution in [-0.4, -0.2) is 34.7 Å². The first-order chi connectivity index (χ1) is 8.19. The lowest BCUT2D eigenvalue weighted by Crippen LogP contribution is -2.27. The summed E-state index contributed by atoms with van der Waals surface area (Å²) >= 11 is 1.58. The van der Waals surface area contributed by atoms with Gasteiger partial charge in [0, 0.05) is 13.1 Å². The summed E-state index contributed by atoms with van der Waals surface area (Å²) in [7, 11) is 0. The number of rotatable bonds is 7. The van der Waals surface area contributed by atoms with Gasteiger partial charge in [-0.2, -0.15) is 5.26 Å². The van der Waals surface area contributed by atoms with Gasteiger partial charge in [-0.05, 0) is 20.4 Å². The third-order valence-electron chi connectivity index (χ3n) is 2.35. The first-order valence-electron chi connectivity index (χ1n) is 5.87. The zero-order valence-corrected chi connectivity index (χ0v) is 11.4. The van der Waals surface area contributed by atoms with Crippen LogP contribution >= 0.6 is 11.3 Å². The van der Waals surface area contributed by atoms with E-state index < -0.39 is 0 Å². The number of hydrogen-bond donors (Lipinski definition) is 1. The van der Waals surface area contributed by atoms with E-state index in [1.807, 2.05) is 13.8 Å². The molecule has 17 heavy (non-hydrogen) atoms. The van der Waals surface area contributed by atoms with Crippen molar-refractivity contribution in [3.05, 3.63) is 5.01 Å². The highest BCUT2D eigenvalue weighted by Crippen LogP contribution is 2.16. The number of hydrogen-bond acceptors (Lipinski definition) is 6. The molecule has 5 nitrogen and oxygen atoms in total. The second-order valence-electron chi connectivity index (χ2n) is 3.89. The molecule has 0 amide bonds. The number of nitriles is 1. The van der Waals surface area contributed by atoms with E-state index in [1.54, 1.807) is 11.3 Å². The van der Waals surface area contributed by atoms with Crippen molar-refractivity contribution in [2.24, 2.45) is 5.92 Å². The van der Waals surface area contributed by atoms with Crippen molar-refractivity contribution in [2.45, 2.75) is 27.3 Å². The Morgan fingerprint density at radius 1 is 1.47 bits per heavy atom. The summed E-state index contributed by atoms with van der Waals surface area (Å²) in [5.74, 6) is 0.0520. The van der Waals surface area contributed by atoms with Gasteiger partial charge in [-0.15, -0.1) is 10.2 Å². The van der Waals surface area contributed by atoms with Gasteiger partial charge in [-0.1, -0.05) is 18.3 Å². The molecule has 0 bridgehead atoms. The van der Waals surface area contributed by atoms with Gasteiger partial charge in [-0.3, -0.25) is 4.90 Å². The molecule has 0 aliphatic carbocycles. The molecule has 0 aliphatic rings. The van der Waals surface area contributed by atoms with Gasteiger partial charge in [0.05, 0.1) is 18.5 Å². The van der Waals surface area contributed by atoms with E-state index in [0.717, 1.165) is 36.3 Å². The average molecular weight is 253 g/mol. The highest BCUT2D eigenvalue weighted by Gasteiger charge is 2.11. The van der Waals surface area contributed by atoms with Crippen LogP contribution in [0.3, 0.4) is 0 Å². The fraction of sp³-hybridized carbons (Fsp3) is 0.727. The van der Waals surface area contributed by atoms with E-state index >= 15 is 0 Å². The van der Waals surface area contributed by atoms with E-state index in [2.05, 4.69) is 33.4 Å². The van der Waals surface area contributed by atoms with Gasteiger partial charge < -0.3 is 5.32 Å². The number of nitrogens with one attached hydrogen (secondary N) is 1. The summed E-state index contributed by atoms with van der Waals surface area (Å²) in [6.07, 6.45) is 0. The third-order valence-corrected chi connectivity index (χ3v) is 3.22. The number of anilines is 1. The normalized spacial score (nSPS) is 12.4. The van der Waals surface area contributed by atoms with Crippen molar-refractivity contribution in [2.75, 3.05) is 25.0 Å². The van der Waals surface area contributed by atoms with Crippen LogP contribution in [0.5, 0.6) is 0 Å². The minimum Gasteiger partial charge on any atom is -0.360 e. The van der Waals surface area contributed by atoms with Gasteiger partial charge in [-0.25, -0.2) is 0 Å². The molecule has 1 aromatic rings. The Labute approximate surface area is 106 Å². The standard InChI is InChI=1S/C11H19N5S/c1-4-13-11-15-14-10(17-11)8-16(5-2)7-9(3)6-12/h9H,4-5,7-8H2,1-3H3,(H,13,15). The topological polar surface area (TPSA) is 64.8 Å². The highest BCUT2D eigenvalue weighted by atomic mass is 32.1. The minimum absolute atomic E-state index is 0.0520. The molecule has 1 rings (SSSR count). The van der Waals surface area contributed by atoms with Crippen LogP contribution in [0.4, 0.5) is 5.13 Å². The van der Waals surface area contributed by atoms with Crippen LogP contribution in [0.15, 0.2) is 0 Å². The molecule has 0 spiro atoms. The molecular formula is C11H19N5S. The van der Waals surface area contributed by atoms with E-state index in [1.165, 1.54) is 0 Å². The van der Waals surface area contributed by atoms with Crippen LogP contribution in [0, 0.1) is 17.2 Å². The molecule has 0 saturated heterocycles. The fourth-order valence-electron chi connectivity index (χ4n) is 1.47. The van der Waals surface area contributed by atoms with Gasteiger partial charge in [0.1, 0.15) is 5.01 Å². The van der Waals surface area contributed by atoms with Gasteiger partial charge in [0.25, 0.3) is 0 Å². The smallest absolute Gasteiger partial charge is 0.205 e. The molecule has 1 N–H and O–H groups in total. The minimum atomic E-state index is 0.0520. The quantitative estimate of drug-likeness (QED) is 0.804. The van der Waals surface area contributed by atoms with E-state index in [4.69, 9.17) is 5.26 Å². The second kappa shape index (κ2) is 7.20. The Kier molecular flexibility index (Phi) is 5.87. The molecule has 0 saturated carbocycles. The lowest BCUT2D eigenvalue weighted by Gasteiger charge is -2.19. The maximum Gasteiger partial charge on any atom is 0.205 e. The molecule has 0 fully saturated rings. The Morgan fingerprint density at radius 2 is 2.24 bits per heavy atom. The van der Waals surface area contributed by atoms with E-state index in [9.17, 15) is 0 Å². The predicted octanol–water partition coefficient (Wildman–Crippen LogP) is 1.95. The monoisotopic (exact) mass is 253 g/mol. The van der Waals surface area contributed by atoms with Crippen LogP contribution in [0.25, 0.3) is 0 Å².